The molecule has 0 amide bonds. The fourth-order valence-corrected chi connectivity index (χ4v) is 3.70. The van der Waals surface area contributed by atoms with Gasteiger partial charge in [0.2, 0.25) is 0 Å². The lowest BCUT2D eigenvalue weighted by molar-refractivity contribution is 0.0903. The number of anilines is 1. The largest absolute Gasteiger partial charge is 0.495 e. The predicted octanol–water partition coefficient (Wildman–Crippen LogP) is 5.17. The molecule has 1 saturated heterocycles. The zero-order valence-electron chi connectivity index (χ0n) is 16.0. The highest BCUT2D eigenvalue weighted by Crippen LogP contribution is 2.27. The van der Waals surface area contributed by atoms with Crippen molar-refractivity contribution in [2.24, 2.45) is 0 Å². The van der Waals surface area contributed by atoms with Gasteiger partial charge in [-0.25, -0.2) is 4.39 Å². The molecule has 2 aromatic rings. The third kappa shape index (κ3) is 5.13. The minimum absolute atomic E-state index is 0.0604. The van der Waals surface area contributed by atoms with E-state index in [1.54, 1.807) is 19.2 Å². The van der Waals surface area contributed by atoms with E-state index in [0.29, 0.717) is 28.0 Å². The lowest BCUT2D eigenvalue weighted by atomic mass is 10.1. The number of nitrogens with zero attached hydrogens (tertiary/aromatic N) is 1. The van der Waals surface area contributed by atoms with Crippen molar-refractivity contribution < 1.29 is 13.9 Å². The highest BCUT2D eigenvalue weighted by molar-refractivity contribution is 7.80. The summed E-state index contributed by atoms with van der Waals surface area (Å²) in [5, 5.41) is 4.09. The van der Waals surface area contributed by atoms with E-state index in [1.165, 1.54) is 6.07 Å². The Bertz CT molecular complexity index is 823. The number of thiocarbonyl (C=S) groups is 1. The van der Waals surface area contributed by atoms with Crippen LogP contribution in [0.3, 0.4) is 0 Å². The molecule has 150 valence electrons. The monoisotopic (exact) mass is 422 g/mol. The molecule has 0 aliphatic carbocycles. The second-order valence-electron chi connectivity index (χ2n) is 6.85. The second kappa shape index (κ2) is 9.54. The van der Waals surface area contributed by atoms with Crippen LogP contribution in [0.4, 0.5) is 10.1 Å². The number of benzene rings is 2. The molecule has 1 unspecified atom stereocenters. The number of nitrogens with one attached hydrogen (secondary N) is 1. The smallest absolute Gasteiger partial charge is 0.173 e. The number of halogens is 2. The second-order valence-corrected chi connectivity index (χ2v) is 7.64. The van der Waals surface area contributed by atoms with Crippen LogP contribution in [0.5, 0.6) is 5.75 Å². The van der Waals surface area contributed by atoms with Gasteiger partial charge < -0.3 is 19.7 Å². The summed E-state index contributed by atoms with van der Waals surface area (Å²) < 4.78 is 25.6. The summed E-state index contributed by atoms with van der Waals surface area (Å²) in [6.45, 7) is 3.55. The van der Waals surface area contributed by atoms with Crippen LogP contribution in [-0.4, -0.2) is 36.4 Å². The molecule has 1 heterocycles. The molecule has 3 rings (SSSR count). The molecule has 0 spiro atoms. The Morgan fingerprint density at radius 3 is 2.89 bits per heavy atom. The molecule has 0 aromatic heterocycles. The van der Waals surface area contributed by atoms with Crippen molar-refractivity contribution in [2.75, 3.05) is 25.6 Å². The van der Waals surface area contributed by atoms with Gasteiger partial charge in [-0.1, -0.05) is 23.7 Å². The maximum atomic E-state index is 14.4. The molecule has 0 bridgehead atoms. The Hall–Kier alpha value is -1.89. The molecule has 1 aliphatic heterocycles. The van der Waals surface area contributed by atoms with Crippen molar-refractivity contribution >= 4 is 34.6 Å². The van der Waals surface area contributed by atoms with Crippen molar-refractivity contribution in [3.05, 3.63) is 58.4 Å². The van der Waals surface area contributed by atoms with Crippen LogP contribution in [0.15, 0.2) is 36.4 Å². The van der Waals surface area contributed by atoms with E-state index < -0.39 is 0 Å². The third-order valence-electron chi connectivity index (χ3n) is 4.74. The molecule has 2 aromatic carbocycles. The zero-order chi connectivity index (χ0) is 20.1. The Balaban J connectivity index is 1.82. The van der Waals surface area contributed by atoms with Crippen molar-refractivity contribution in [3.8, 4) is 5.75 Å². The molecule has 1 N–H and O–H groups in total. The SMILES string of the molecule is COc1cc(C)ccc1NC(=S)N(Cc1c(F)cccc1Cl)CC1CCCO1. The number of hydrogen-bond acceptors (Lipinski definition) is 3. The molecule has 0 radical (unpaired) electrons. The molecule has 28 heavy (non-hydrogen) atoms. The highest BCUT2D eigenvalue weighted by atomic mass is 35.5. The Morgan fingerprint density at radius 2 is 2.21 bits per heavy atom. The van der Waals surface area contributed by atoms with E-state index in [1.807, 2.05) is 30.0 Å². The highest BCUT2D eigenvalue weighted by Gasteiger charge is 2.23. The van der Waals surface area contributed by atoms with Gasteiger partial charge in [0, 0.05) is 30.3 Å². The van der Waals surface area contributed by atoms with Gasteiger partial charge in [0.1, 0.15) is 11.6 Å². The summed E-state index contributed by atoms with van der Waals surface area (Å²) in [5.74, 6) is 0.351. The first-order valence-corrected chi connectivity index (χ1v) is 10.0. The van der Waals surface area contributed by atoms with Crippen molar-refractivity contribution in [2.45, 2.75) is 32.4 Å². The summed E-state index contributed by atoms with van der Waals surface area (Å²) >= 11 is 11.9. The first kappa shape index (κ1) is 20.8. The lowest BCUT2D eigenvalue weighted by Gasteiger charge is -2.29. The van der Waals surface area contributed by atoms with Crippen LogP contribution in [0.1, 0.15) is 24.0 Å². The number of aryl methyl sites for hydroxylation is 1. The van der Waals surface area contributed by atoms with Gasteiger partial charge in [0.05, 0.1) is 18.9 Å². The van der Waals surface area contributed by atoms with Crippen molar-refractivity contribution in [1.29, 1.82) is 0 Å². The lowest BCUT2D eigenvalue weighted by Crippen LogP contribution is -2.39. The summed E-state index contributed by atoms with van der Waals surface area (Å²) in [7, 11) is 1.62. The van der Waals surface area contributed by atoms with Crippen LogP contribution in [0, 0.1) is 12.7 Å². The number of ether oxygens (including phenoxy) is 2. The summed E-state index contributed by atoms with van der Waals surface area (Å²) in [6.07, 6.45) is 2.04. The molecule has 1 aliphatic rings. The first-order chi connectivity index (χ1) is 13.5. The molecule has 4 nitrogen and oxygen atoms in total. The quantitative estimate of drug-likeness (QED) is 0.649. The topological polar surface area (TPSA) is 33.7 Å². The van der Waals surface area contributed by atoms with E-state index in [2.05, 4.69) is 5.32 Å². The van der Waals surface area contributed by atoms with E-state index in [0.717, 1.165) is 30.7 Å². The minimum atomic E-state index is -0.347. The van der Waals surface area contributed by atoms with Crippen LogP contribution < -0.4 is 10.1 Å². The summed E-state index contributed by atoms with van der Waals surface area (Å²) in [6, 6.07) is 10.5. The van der Waals surface area contributed by atoms with Crippen LogP contribution in [0.2, 0.25) is 5.02 Å². The third-order valence-corrected chi connectivity index (χ3v) is 5.46. The van der Waals surface area contributed by atoms with Crippen LogP contribution in [0.25, 0.3) is 0 Å². The summed E-state index contributed by atoms with van der Waals surface area (Å²) in [4.78, 5) is 1.90. The van der Waals surface area contributed by atoms with Gasteiger partial charge in [0.15, 0.2) is 5.11 Å². The first-order valence-electron chi connectivity index (χ1n) is 9.23. The standard InChI is InChI=1S/C21H24ClFN2O2S/c1-14-8-9-19(20(11-14)26-2)24-21(28)25(12-15-5-4-10-27-15)13-16-17(22)6-3-7-18(16)23/h3,6-9,11,15H,4-5,10,12-13H2,1-2H3,(H,24,28). The van der Waals surface area contributed by atoms with Gasteiger partial charge in [-0.2, -0.15) is 0 Å². The fraction of sp³-hybridized carbons (Fsp3) is 0.381. The molecule has 0 saturated carbocycles. The van der Waals surface area contributed by atoms with Crippen LogP contribution >= 0.6 is 23.8 Å². The molecule has 1 atom stereocenters. The average Bonchev–Trinajstić information content (AvgIpc) is 3.18. The Kier molecular flexibility index (Phi) is 7.10. The Morgan fingerprint density at radius 1 is 1.39 bits per heavy atom. The zero-order valence-corrected chi connectivity index (χ0v) is 17.6. The maximum Gasteiger partial charge on any atom is 0.173 e. The maximum absolute atomic E-state index is 14.4. The van der Waals surface area contributed by atoms with Gasteiger partial charge >= 0.3 is 0 Å². The van der Waals surface area contributed by atoms with Crippen molar-refractivity contribution in [3.63, 3.8) is 0 Å². The normalized spacial score (nSPS) is 16.1. The van der Waals surface area contributed by atoms with Crippen molar-refractivity contribution in [1.82, 2.24) is 4.90 Å². The molecular weight excluding hydrogens is 399 g/mol. The predicted molar refractivity (Wildman–Crippen MR) is 115 cm³/mol. The van der Waals surface area contributed by atoms with E-state index >= 15 is 0 Å². The van der Waals surface area contributed by atoms with Gasteiger partial charge in [0.25, 0.3) is 0 Å². The van der Waals surface area contributed by atoms with Gasteiger partial charge in [-0.15, -0.1) is 0 Å². The minimum Gasteiger partial charge on any atom is -0.495 e. The fourth-order valence-electron chi connectivity index (χ4n) is 3.22. The number of rotatable bonds is 6. The molecule has 7 heteroatoms. The number of hydrogen-bond donors (Lipinski definition) is 1. The molecular formula is C21H24ClFN2O2S. The summed E-state index contributed by atoms with van der Waals surface area (Å²) in [5.41, 5.74) is 2.26. The average molecular weight is 423 g/mol. The van der Waals surface area contributed by atoms with Gasteiger partial charge in [-0.05, 0) is 61.8 Å². The van der Waals surface area contributed by atoms with Gasteiger partial charge in [-0.3, -0.25) is 0 Å². The van der Waals surface area contributed by atoms with E-state index in [-0.39, 0.29) is 18.5 Å². The molecule has 1 fully saturated rings. The van der Waals surface area contributed by atoms with E-state index in [4.69, 9.17) is 33.3 Å². The van der Waals surface area contributed by atoms with Crippen LogP contribution in [-0.2, 0) is 11.3 Å². The number of methoxy groups -OCH3 is 1. The Labute approximate surface area is 175 Å². The van der Waals surface area contributed by atoms with E-state index in [9.17, 15) is 4.39 Å².